The van der Waals surface area contributed by atoms with Gasteiger partial charge in [-0.25, -0.2) is 4.68 Å². The molecule has 2 aromatic rings. The number of aliphatic hydroxyl groups is 1. The van der Waals surface area contributed by atoms with Gasteiger partial charge < -0.3 is 10.0 Å². The van der Waals surface area contributed by atoms with Crippen molar-refractivity contribution in [2.24, 2.45) is 11.3 Å². The van der Waals surface area contributed by atoms with Crippen LogP contribution in [0.5, 0.6) is 0 Å². The minimum absolute atomic E-state index is 0.0497. The van der Waals surface area contributed by atoms with Crippen LogP contribution in [-0.4, -0.2) is 44.4 Å². The molecule has 0 bridgehead atoms. The van der Waals surface area contributed by atoms with Gasteiger partial charge in [-0.15, -0.1) is 0 Å². The molecule has 3 fully saturated rings. The van der Waals surface area contributed by atoms with E-state index >= 15 is 0 Å². The lowest BCUT2D eigenvalue weighted by Gasteiger charge is -2.55. The number of benzene rings is 1. The fourth-order valence-corrected chi connectivity index (χ4v) is 5.58. The van der Waals surface area contributed by atoms with Gasteiger partial charge >= 0.3 is 0 Å². The summed E-state index contributed by atoms with van der Waals surface area (Å²) in [6.07, 6.45) is 9.85. The van der Waals surface area contributed by atoms with Gasteiger partial charge in [0.25, 0.3) is 0 Å². The molecule has 3 aliphatic rings. The summed E-state index contributed by atoms with van der Waals surface area (Å²) in [6, 6.07) is 10.7. The predicted molar refractivity (Wildman–Crippen MR) is 107 cm³/mol. The quantitative estimate of drug-likeness (QED) is 0.888. The lowest BCUT2D eigenvalue weighted by molar-refractivity contribution is -0.163. The Labute approximate surface area is 166 Å². The highest BCUT2D eigenvalue weighted by molar-refractivity contribution is 5.81. The molecule has 0 atom stereocenters. The number of hydrogen-bond donors (Lipinski definition) is 1. The third kappa shape index (κ3) is 3.16. The maximum absolute atomic E-state index is 12.6. The third-order valence-electron chi connectivity index (χ3n) is 7.24. The van der Waals surface area contributed by atoms with Crippen LogP contribution in [-0.2, 0) is 4.79 Å². The SMILES string of the molecule is CC1(O)CC(C(=O)N2CC3(CCC(c4cccc(-n5cccn5)c4)CC3)C2)C1. The van der Waals surface area contributed by atoms with Crippen molar-refractivity contribution in [3.8, 4) is 5.69 Å². The van der Waals surface area contributed by atoms with E-state index in [4.69, 9.17) is 0 Å². The van der Waals surface area contributed by atoms with Crippen molar-refractivity contribution in [2.75, 3.05) is 13.1 Å². The molecule has 2 saturated carbocycles. The topological polar surface area (TPSA) is 58.4 Å². The summed E-state index contributed by atoms with van der Waals surface area (Å²) in [7, 11) is 0. The molecule has 1 spiro atoms. The zero-order valence-corrected chi connectivity index (χ0v) is 16.6. The van der Waals surface area contributed by atoms with Gasteiger partial charge in [-0.3, -0.25) is 4.79 Å². The molecule has 1 aromatic heterocycles. The van der Waals surface area contributed by atoms with Gasteiger partial charge in [0.2, 0.25) is 5.91 Å². The van der Waals surface area contributed by atoms with Crippen molar-refractivity contribution in [3.63, 3.8) is 0 Å². The molecule has 28 heavy (non-hydrogen) atoms. The molecule has 148 valence electrons. The van der Waals surface area contributed by atoms with E-state index in [1.807, 2.05) is 35.0 Å². The standard InChI is InChI=1S/C23H29N3O2/c1-22(28)13-19(14-22)21(27)25-15-23(16-25)8-6-17(7-9-23)18-4-2-5-20(12-18)26-11-3-10-24-26/h2-5,10-12,17,19,28H,6-9,13-16H2,1H3. The summed E-state index contributed by atoms with van der Waals surface area (Å²) in [5, 5.41) is 14.2. The Bertz CT molecular complexity index is 850. The molecule has 5 heteroatoms. The van der Waals surface area contributed by atoms with E-state index < -0.39 is 5.60 Å². The minimum atomic E-state index is -0.619. The number of carbonyl (C=O) groups is 1. The van der Waals surface area contributed by atoms with Crippen LogP contribution < -0.4 is 0 Å². The molecule has 1 aromatic carbocycles. The van der Waals surface area contributed by atoms with Crippen molar-refractivity contribution in [1.82, 2.24) is 14.7 Å². The highest BCUT2D eigenvalue weighted by atomic mass is 16.3. The first-order valence-electron chi connectivity index (χ1n) is 10.5. The lowest BCUT2D eigenvalue weighted by Crippen LogP contribution is -2.62. The van der Waals surface area contributed by atoms with E-state index in [-0.39, 0.29) is 11.8 Å². The Morgan fingerprint density at radius 3 is 2.57 bits per heavy atom. The summed E-state index contributed by atoms with van der Waals surface area (Å²) in [6.45, 7) is 3.67. The summed E-state index contributed by atoms with van der Waals surface area (Å²) >= 11 is 0. The third-order valence-corrected chi connectivity index (χ3v) is 7.24. The number of amides is 1. The van der Waals surface area contributed by atoms with Crippen LogP contribution in [0.3, 0.4) is 0 Å². The second-order valence-electron chi connectivity index (χ2n) is 9.62. The zero-order valence-electron chi connectivity index (χ0n) is 16.6. The van der Waals surface area contributed by atoms with E-state index in [1.165, 1.54) is 31.2 Å². The average Bonchev–Trinajstić information content (AvgIpc) is 3.19. The van der Waals surface area contributed by atoms with Crippen LogP contribution in [0, 0.1) is 11.3 Å². The first-order valence-corrected chi connectivity index (χ1v) is 10.5. The molecule has 5 rings (SSSR count). The van der Waals surface area contributed by atoms with Gasteiger partial charge in [0, 0.05) is 36.8 Å². The number of rotatable bonds is 3. The Hall–Kier alpha value is -2.14. The molecule has 1 amide bonds. The fourth-order valence-electron chi connectivity index (χ4n) is 5.58. The van der Waals surface area contributed by atoms with Gasteiger partial charge in [0.1, 0.15) is 0 Å². The maximum Gasteiger partial charge on any atom is 0.225 e. The van der Waals surface area contributed by atoms with Crippen molar-refractivity contribution in [1.29, 1.82) is 0 Å². The predicted octanol–water partition coefficient (Wildman–Crippen LogP) is 3.52. The van der Waals surface area contributed by atoms with E-state index in [0.717, 1.165) is 18.8 Å². The number of likely N-dealkylation sites (tertiary alicyclic amines) is 1. The smallest absolute Gasteiger partial charge is 0.225 e. The minimum Gasteiger partial charge on any atom is -0.390 e. The van der Waals surface area contributed by atoms with Gasteiger partial charge in [-0.1, -0.05) is 12.1 Å². The average molecular weight is 380 g/mol. The normalized spacial score (nSPS) is 29.4. The second-order valence-corrected chi connectivity index (χ2v) is 9.62. The number of aromatic nitrogens is 2. The molecule has 5 nitrogen and oxygen atoms in total. The summed E-state index contributed by atoms with van der Waals surface area (Å²) in [5.74, 6) is 0.924. The largest absolute Gasteiger partial charge is 0.390 e. The highest BCUT2D eigenvalue weighted by Crippen LogP contribution is 2.50. The molecule has 0 radical (unpaired) electrons. The Kier molecular flexibility index (Phi) is 4.13. The van der Waals surface area contributed by atoms with Crippen molar-refractivity contribution in [2.45, 2.75) is 57.0 Å². The Morgan fingerprint density at radius 1 is 1.18 bits per heavy atom. The maximum atomic E-state index is 12.6. The second kappa shape index (κ2) is 6.45. The number of hydrogen-bond acceptors (Lipinski definition) is 3. The van der Waals surface area contributed by atoms with Crippen LogP contribution >= 0.6 is 0 Å². The van der Waals surface area contributed by atoms with E-state index in [9.17, 15) is 9.90 Å². The first kappa shape index (κ1) is 17.9. The lowest BCUT2D eigenvalue weighted by atomic mass is 9.63. The molecule has 2 aliphatic carbocycles. The van der Waals surface area contributed by atoms with Gasteiger partial charge in [-0.2, -0.15) is 5.10 Å². The van der Waals surface area contributed by atoms with Crippen LogP contribution in [0.1, 0.15) is 56.9 Å². The van der Waals surface area contributed by atoms with Gasteiger partial charge in [0.15, 0.2) is 0 Å². The van der Waals surface area contributed by atoms with Gasteiger partial charge in [0.05, 0.1) is 11.3 Å². The molecule has 1 N–H and O–H groups in total. The molecule has 0 unspecified atom stereocenters. The van der Waals surface area contributed by atoms with Gasteiger partial charge in [-0.05, 0) is 75.1 Å². The van der Waals surface area contributed by atoms with E-state index in [0.29, 0.717) is 24.2 Å². The summed E-state index contributed by atoms with van der Waals surface area (Å²) in [5.41, 5.74) is 2.26. The first-order chi connectivity index (χ1) is 13.4. The van der Waals surface area contributed by atoms with E-state index in [2.05, 4.69) is 29.4 Å². The molecular weight excluding hydrogens is 350 g/mol. The molecule has 1 saturated heterocycles. The van der Waals surface area contributed by atoms with Crippen molar-refractivity contribution in [3.05, 3.63) is 48.3 Å². The number of carbonyl (C=O) groups excluding carboxylic acids is 1. The Balaban J connectivity index is 1.17. The van der Waals surface area contributed by atoms with Crippen LogP contribution in [0.25, 0.3) is 5.69 Å². The molecular formula is C23H29N3O2. The van der Waals surface area contributed by atoms with Crippen molar-refractivity contribution < 1.29 is 9.90 Å². The van der Waals surface area contributed by atoms with Crippen LogP contribution in [0.2, 0.25) is 0 Å². The van der Waals surface area contributed by atoms with E-state index in [1.54, 1.807) is 0 Å². The van der Waals surface area contributed by atoms with Crippen LogP contribution in [0.15, 0.2) is 42.7 Å². The number of nitrogens with zero attached hydrogens (tertiary/aromatic N) is 3. The molecule has 1 aliphatic heterocycles. The molecule has 2 heterocycles. The van der Waals surface area contributed by atoms with Crippen molar-refractivity contribution >= 4 is 5.91 Å². The fraction of sp³-hybridized carbons (Fsp3) is 0.565. The summed E-state index contributed by atoms with van der Waals surface area (Å²) in [4.78, 5) is 14.6. The summed E-state index contributed by atoms with van der Waals surface area (Å²) < 4.78 is 1.92. The zero-order chi connectivity index (χ0) is 19.4. The monoisotopic (exact) mass is 379 g/mol. The highest BCUT2D eigenvalue weighted by Gasteiger charge is 2.51. The Morgan fingerprint density at radius 2 is 1.93 bits per heavy atom. The van der Waals surface area contributed by atoms with Crippen LogP contribution in [0.4, 0.5) is 0 Å².